The summed E-state index contributed by atoms with van der Waals surface area (Å²) in [5.74, 6) is -1.55. The SMILES string of the molecule is COC(=O)CC[C@H](N)C(=O)O.[H-].[Na+]. The second kappa shape index (κ2) is 7.54. The Bertz CT molecular complexity index is 167. The number of nitrogens with two attached hydrogens (primary N) is 1. The Morgan fingerprint density at radius 3 is 2.50 bits per heavy atom. The summed E-state index contributed by atoms with van der Waals surface area (Å²) in [5, 5.41) is 8.29. The zero-order chi connectivity index (χ0) is 8.85. The van der Waals surface area contributed by atoms with Gasteiger partial charge in [-0.1, -0.05) is 0 Å². The molecule has 0 saturated heterocycles. The third-order valence-electron chi connectivity index (χ3n) is 1.20. The summed E-state index contributed by atoms with van der Waals surface area (Å²) < 4.78 is 4.29. The molecule has 0 spiro atoms. The first-order valence-electron chi connectivity index (χ1n) is 3.13. The molecule has 0 rings (SSSR count). The van der Waals surface area contributed by atoms with Crippen LogP contribution in [0.3, 0.4) is 0 Å². The van der Waals surface area contributed by atoms with Crippen LogP contribution in [0, 0.1) is 0 Å². The van der Waals surface area contributed by atoms with E-state index in [1.54, 1.807) is 0 Å². The molecule has 5 nitrogen and oxygen atoms in total. The molecule has 0 unspecified atom stereocenters. The van der Waals surface area contributed by atoms with Crippen LogP contribution in [0.4, 0.5) is 0 Å². The molecule has 0 fully saturated rings. The van der Waals surface area contributed by atoms with E-state index in [2.05, 4.69) is 4.74 Å². The number of carboxylic acid groups (broad SMARTS) is 1. The number of aliphatic carboxylic acids is 1. The van der Waals surface area contributed by atoms with E-state index >= 15 is 0 Å². The summed E-state index contributed by atoms with van der Waals surface area (Å²) in [6.07, 6.45) is 0.159. The van der Waals surface area contributed by atoms with Gasteiger partial charge in [0.05, 0.1) is 7.11 Å². The molecular formula is C6H12NNaO4. The van der Waals surface area contributed by atoms with Gasteiger partial charge < -0.3 is 17.0 Å². The van der Waals surface area contributed by atoms with E-state index in [9.17, 15) is 9.59 Å². The number of hydrogen-bond acceptors (Lipinski definition) is 4. The molecule has 0 aromatic carbocycles. The van der Waals surface area contributed by atoms with Gasteiger partial charge in [0.25, 0.3) is 0 Å². The van der Waals surface area contributed by atoms with E-state index < -0.39 is 18.0 Å². The Balaban J connectivity index is -0.000000500. The van der Waals surface area contributed by atoms with Crippen LogP contribution in [0.2, 0.25) is 0 Å². The van der Waals surface area contributed by atoms with Crippen molar-refractivity contribution in [1.29, 1.82) is 0 Å². The molecule has 0 saturated carbocycles. The van der Waals surface area contributed by atoms with Crippen LogP contribution < -0.4 is 35.3 Å². The molecule has 0 aliphatic heterocycles. The fourth-order valence-electron chi connectivity index (χ4n) is 0.499. The molecular weight excluding hydrogens is 173 g/mol. The number of esters is 1. The van der Waals surface area contributed by atoms with Crippen molar-refractivity contribution in [2.45, 2.75) is 18.9 Å². The minimum absolute atomic E-state index is 0. The van der Waals surface area contributed by atoms with Crippen molar-refractivity contribution in [2.75, 3.05) is 7.11 Å². The van der Waals surface area contributed by atoms with Crippen molar-refractivity contribution in [3.8, 4) is 0 Å². The van der Waals surface area contributed by atoms with Gasteiger partial charge in [0, 0.05) is 6.42 Å². The summed E-state index contributed by atoms with van der Waals surface area (Å²) >= 11 is 0. The first-order valence-corrected chi connectivity index (χ1v) is 3.13. The van der Waals surface area contributed by atoms with Crippen LogP contribution in [0.15, 0.2) is 0 Å². The van der Waals surface area contributed by atoms with Crippen molar-refractivity contribution >= 4 is 11.9 Å². The topological polar surface area (TPSA) is 89.6 Å². The van der Waals surface area contributed by atoms with E-state index in [1.165, 1.54) is 7.11 Å². The van der Waals surface area contributed by atoms with E-state index in [1.807, 2.05) is 0 Å². The molecule has 1 atom stereocenters. The third-order valence-corrected chi connectivity index (χ3v) is 1.20. The Labute approximate surface area is 94.0 Å². The molecule has 6 heteroatoms. The maximum Gasteiger partial charge on any atom is 1.00 e. The first kappa shape index (κ1) is 14.4. The second-order valence-corrected chi connectivity index (χ2v) is 2.06. The van der Waals surface area contributed by atoms with Gasteiger partial charge in [0.15, 0.2) is 0 Å². The summed E-state index contributed by atoms with van der Waals surface area (Å²) in [7, 11) is 1.24. The predicted octanol–water partition coefficient (Wildman–Crippen LogP) is -3.53. The van der Waals surface area contributed by atoms with Crippen LogP contribution >= 0.6 is 0 Å². The van der Waals surface area contributed by atoms with Crippen LogP contribution in [0.25, 0.3) is 0 Å². The van der Waals surface area contributed by atoms with Crippen LogP contribution in [0.1, 0.15) is 14.3 Å². The minimum Gasteiger partial charge on any atom is -1.00 e. The van der Waals surface area contributed by atoms with E-state index in [0.717, 1.165) is 0 Å². The van der Waals surface area contributed by atoms with Crippen molar-refractivity contribution < 1.29 is 50.4 Å². The molecule has 0 aliphatic rings. The second-order valence-electron chi connectivity index (χ2n) is 2.06. The van der Waals surface area contributed by atoms with Crippen LogP contribution in [0.5, 0.6) is 0 Å². The average molecular weight is 185 g/mol. The van der Waals surface area contributed by atoms with Crippen LogP contribution in [-0.4, -0.2) is 30.2 Å². The summed E-state index contributed by atoms with van der Waals surface area (Å²) in [6.45, 7) is 0. The average Bonchev–Trinajstić information content (AvgIpc) is 1.99. The summed E-state index contributed by atoms with van der Waals surface area (Å²) in [4.78, 5) is 20.6. The van der Waals surface area contributed by atoms with Crippen molar-refractivity contribution in [1.82, 2.24) is 0 Å². The monoisotopic (exact) mass is 185 g/mol. The Morgan fingerprint density at radius 2 is 2.17 bits per heavy atom. The molecule has 0 radical (unpaired) electrons. The number of methoxy groups -OCH3 is 1. The largest absolute Gasteiger partial charge is 1.00 e. The fraction of sp³-hybridized carbons (Fsp3) is 0.667. The van der Waals surface area contributed by atoms with Gasteiger partial charge in [0.1, 0.15) is 6.04 Å². The smallest absolute Gasteiger partial charge is 1.00 e. The van der Waals surface area contributed by atoms with Gasteiger partial charge in [0.2, 0.25) is 0 Å². The molecule has 66 valence electrons. The van der Waals surface area contributed by atoms with Gasteiger partial charge in [-0.3, -0.25) is 9.59 Å². The number of carbonyl (C=O) groups is 2. The molecule has 0 amide bonds. The maximum absolute atomic E-state index is 10.5. The molecule has 0 heterocycles. The van der Waals surface area contributed by atoms with Gasteiger partial charge in [-0.2, -0.15) is 0 Å². The van der Waals surface area contributed by atoms with E-state index in [4.69, 9.17) is 10.8 Å². The number of carbonyl (C=O) groups excluding carboxylic acids is 1. The molecule has 0 aromatic rings. The Morgan fingerprint density at radius 1 is 1.67 bits per heavy atom. The van der Waals surface area contributed by atoms with Gasteiger partial charge >= 0.3 is 41.5 Å². The van der Waals surface area contributed by atoms with Crippen molar-refractivity contribution in [2.24, 2.45) is 5.73 Å². The molecule has 0 aromatic heterocycles. The predicted molar refractivity (Wildman–Crippen MR) is 38.0 cm³/mol. The zero-order valence-corrected chi connectivity index (χ0v) is 9.24. The number of hydrogen-bond donors (Lipinski definition) is 2. The molecule has 0 bridgehead atoms. The maximum atomic E-state index is 10.5. The zero-order valence-electron chi connectivity index (χ0n) is 8.24. The van der Waals surface area contributed by atoms with Gasteiger partial charge in [-0.15, -0.1) is 0 Å². The quantitative estimate of drug-likeness (QED) is 0.350. The number of rotatable bonds is 4. The third kappa shape index (κ3) is 6.60. The van der Waals surface area contributed by atoms with Crippen LogP contribution in [-0.2, 0) is 14.3 Å². The molecule has 3 N–H and O–H groups in total. The Hall–Kier alpha value is -0.100. The number of ether oxygens (including phenoxy) is 1. The summed E-state index contributed by atoms with van der Waals surface area (Å²) in [6, 6.07) is -0.978. The standard InChI is InChI=1S/C6H11NO4.Na.H/c1-11-5(8)3-2-4(7)6(9)10;;/h4H,2-3,7H2,1H3,(H,9,10);;/q;+1;-1/t4-;;/m0../s1. The first-order chi connectivity index (χ1) is 5.07. The van der Waals surface area contributed by atoms with Crippen molar-refractivity contribution in [3.05, 3.63) is 0 Å². The molecule has 12 heavy (non-hydrogen) atoms. The van der Waals surface area contributed by atoms with E-state index in [0.29, 0.717) is 0 Å². The van der Waals surface area contributed by atoms with Gasteiger partial charge in [-0.05, 0) is 6.42 Å². The van der Waals surface area contributed by atoms with Gasteiger partial charge in [-0.25, -0.2) is 0 Å². The van der Waals surface area contributed by atoms with E-state index in [-0.39, 0.29) is 43.8 Å². The summed E-state index contributed by atoms with van der Waals surface area (Å²) in [5.41, 5.74) is 5.11. The number of carboxylic acids is 1. The Kier molecular flexibility index (Phi) is 9.07. The fourth-order valence-corrected chi connectivity index (χ4v) is 0.499. The van der Waals surface area contributed by atoms with Crippen molar-refractivity contribution in [3.63, 3.8) is 0 Å². The normalized spacial score (nSPS) is 11.2. The molecule has 0 aliphatic carbocycles. The minimum atomic E-state index is -1.10.